The Bertz CT molecular complexity index is 1200. The van der Waals surface area contributed by atoms with Crippen LogP contribution in [0.1, 0.15) is 83.1 Å². The van der Waals surface area contributed by atoms with Gasteiger partial charge in [0, 0.05) is 11.5 Å². The highest BCUT2D eigenvalue weighted by atomic mass is 19.2. The summed E-state index contributed by atoms with van der Waals surface area (Å²) in [5.74, 6) is -2.45. The van der Waals surface area contributed by atoms with Gasteiger partial charge in [0.05, 0.1) is 19.8 Å². The molecule has 4 rings (SSSR count). The summed E-state index contributed by atoms with van der Waals surface area (Å²) >= 11 is 0. The molecular formula is C34H41F3O3. The molecule has 0 aromatic heterocycles. The second-order valence-corrected chi connectivity index (χ2v) is 10.6. The number of unbranched alkanes of at least 4 members (excludes halogenated alkanes) is 6. The van der Waals surface area contributed by atoms with Crippen LogP contribution in [-0.4, -0.2) is 26.1 Å². The second kappa shape index (κ2) is 15.2. The fraction of sp³-hybridized carbons (Fsp3) is 0.471. The van der Waals surface area contributed by atoms with Gasteiger partial charge in [-0.05, 0) is 59.7 Å². The Morgan fingerprint density at radius 2 is 1.35 bits per heavy atom. The summed E-state index contributed by atoms with van der Waals surface area (Å²) in [6.45, 7) is 5.51. The fourth-order valence-electron chi connectivity index (χ4n) is 5.08. The van der Waals surface area contributed by atoms with Gasteiger partial charge in [0.1, 0.15) is 5.82 Å². The molecule has 3 nitrogen and oxygen atoms in total. The largest absolute Gasteiger partial charge is 0.490 e. The average molecular weight is 555 g/mol. The molecule has 0 aliphatic carbocycles. The highest BCUT2D eigenvalue weighted by Crippen LogP contribution is 2.33. The lowest BCUT2D eigenvalue weighted by Crippen LogP contribution is -2.31. The standard InChI is InChI=1S/C34H41F3O3/c1-3-5-7-8-9-11-32-39-22-27(23-40-32)28-17-16-26(21-30(28)35)24-12-14-25(15-13-24)29-18-19-31(34(37)33(29)36)38-20-10-6-4-2/h12-19,21,27,32H,3-11,20,22-23H2,1-2H3. The van der Waals surface area contributed by atoms with Crippen molar-refractivity contribution < 1.29 is 27.4 Å². The van der Waals surface area contributed by atoms with Crippen LogP contribution in [0, 0.1) is 17.5 Å². The van der Waals surface area contributed by atoms with Crippen LogP contribution in [0.15, 0.2) is 54.6 Å². The molecule has 0 bridgehead atoms. The Balaban J connectivity index is 1.35. The molecule has 3 aromatic rings. The molecule has 0 radical (unpaired) electrons. The van der Waals surface area contributed by atoms with Crippen LogP contribution in [0.25, 0.3) is 22.3 Å². The van der Waals surface area contributed by atoms with Crippen molar-refractivity contribution >= 4 is 0 Å². The fourth-order valence-corrected chi connectivity index (χ4v) is 5.08. The van der Waals surface area contributed by atoms with E-state index in [0.29, 0.717) is 36.5 Å². The minimum Gasteiger partial charge on any atom is -0.490 e. The number of halogens is 3. The number of hydrogen-bond donors (Lipinski definition) is 0. The van der Waals surface area contributed by atoms with E-state index in [2.05, 4.69) is 13.8 Å². The molecule has 0 N–H and O–H groups in total. The highest BCUT2D eigenvalue weighted by Gasteiger charge is 2.25. The SMILES string of the molecule is CCCCCCCC1OCC(c2ccc(-c3ccc(-c4ccc(OCCCCC)c(F)c4F)cc3)cc2F)CO1. The minimum atomic E-state index is -0.982. The predicted octanol–water partition coefficient (Wildman–Crippen LogP) is 9.82. The van der Waals surface area contributed by atoms with Crippen LogP contribution < -0.4 is 4.74 Å². The van der Waals surface area contributed by atoms with Crippen molar-refractivity contribution in [3.8, 4) is 28.0 Å². The van der Waals surface area contributed by atoms with E-state index in [1.807, 2.05) is 6.07 Å². The molecule has 6 heteroatoms. The zero-order valence-electron chi connectivity index (χ0n) is 23.7. The third-order valence-corrected chi connectivity index (χ3v) is 7.53. The Morgan fingerprint density at radius 1 is 0.700 bits per heavy atom. The van der Waals surface area contributed by atoms with Crippen LogP contribution in [-0.2, 0) is 9.47 Å². The molecule has 40 heavy (non-hydrogen) atoms. The molecule has 1 fully saturated rings. The van der Waals surface area contributed by atoms with Crippen molar-refractivity contribution in [2.45, 2.75) is 83.8 Å². The van der Waals surface area contributed by atoms with Crippen LogP contribution in [0.3, 0.4) is 0 Å². The van der Waals surface area contributed by atoms with Crippen LogP contribution in [0.2, 0.25) is 0 Å². The molecule has 0 unspecified atom stereocenters. The zero-order valence-corrected chi connectivity index (χ0v) is 23.7. The normalized spacial score (nSPS) is 17.2. The smallest absolute Gasteiger partial charge is 0.201 e. The van der Waals surface area contributed by atoms with Gasteiger partial charge in [-0.3, -0.25) is 0 Å². The molecule has 0 atom stereocenters. The van der Waals surface area contributed by atoms with E-state index < -0.39 is 11.6 Å². The molecule has 1 aliphatic heterocycles. The first-order valence-corrected chi connectivity index (χ1v) is 14.8. The van der Waals surface area contributed by atoms with E-state index in [-0.39, 0.29) is 29.3 Å². The van der Waals surface area contributed by atoms with E-state index in [1.54, 1.807) is 30.3 Å². The second-order valence-electron chi connectivity index (χ2n) is 10.6. The summed E-state index contributed by atoms with van der Waals surface area (Å²) in [4.78, 5) is 0. The van der Waals surface area contributed by atoms with Gasteiger partial charge < -0.3 is 14.2 Å². The maximum atomic E-state index is 15.1. The molecular weight excluding hydrogens is 513 g/mol. The van der Waals surface area contributed by atoms with E-state index in [1.165, 1.54) is 43.9 Å². The van der Waals surface area contributed by atoms with Gasteiger partial charge in [-0.25, -0.2) is 8.78 Å². The van der Waals surface area contributed by atoms with Gasteiger partial charge in [-0.2, -0.15) is 4.39 Å². The highest BCUT2D eigenvalue weighted by molar-refractivity contribution is 5.71. The lowest BCUT2D eigenvalue weighted by atomic mass is 9.95. The van der Waals surface area contributed by atoms with Crippen molar-refractivity contribution in [3.05, 3.63) is 77.6 Å². The van der Waals surface area contributed by atoms with Gasteiger partial charge in [-0.1, -0.05) is 88.8 Å². The summed E-state index contributed by atoms with van der Waals surface area (Å²) in [6, 6.07) is 15.2. The van der Waals surface area contributed by atoms with Crippen LogP contribution in [0.4, 0.5) is 13.2 Å². The summed E-state index contributed by atoms with van der Waals surface area (Å²) in [5.41, 5.74) is 2.76. The molecule has 216 valence electrons. The maximum absolute atomic E-state index is 15.1. The molecule has 1 aliphatic rings. The summed E-state index contributed by atoms with van der Waals surface area (Å²) in [7, 11) is 0. The van der Waals surface area contributed by atoms with Crippen LogP contribution >= 0.6 is 0 Å². The molecule has 3 aromatic carbocycles. The topological polar surface area (TPSA) is 27.7 Å². The van der Waals surface area contributed by atoms with E-state index in [9.17, 15) is 8.78 Å². The first kappa shape index (κ1) is 30.1. The predicted molar refractivity (Wildman–Crippen MR) is 154 cm³/mol. The lowest BCUT2D eigenvalue weighted by molar-refractivity contribution is -0.190. The van der Waals surface area contributed by atoms with Crippen molar-refractivity contribution in [2.24, 2.45) is 0 Å². The van der Waals surface area contributed by atoms with Crippen molar-refractivity contribution in [1.82, 2.24) is 0 Å². The van der Waals surface area contributed by atoms with E-state index in [4.69, 9.17) is 14.2 Å². The first-order valence-electron chi connectivity index (χ1n) is 14.8. The van der Waals surface area contributed by atoms with E-state index in [0.717, 1.165) is 37.7 Å². The zero-order chi connectivity index (χ0) is 28.3. The number of ether oxygens (including phenoxy) is 3. The molecule has 0 saturated carbocycles. The molecule has 0 spiro atoms. The van der Waals surface area contributed by atoms with Gasteiger partial charge in [-0.15, -0.1) is 0 Å². The molecule has 1 saturated heterocycles. The first-order chi connectivity index (χ1) is 19.5. The summed E-state index contributed by atoms with van der Waals surface area (Å²) < 4.78 is 61.7. The number of rotatable bonds is 14. The van der Waals surface area contributed by atoms with Gasteiger partial charge in [0.25, 0.3) is 0 Å². The van der Waals surface area contributed by atoms with Crippen LogP contribution in [0.5, 0.6) is 5.75 Å². The third kappa shape index (κ3) is 7.88. The molecule has 0 amide bonds. The van der Waals surface area contributed by atoms with Gasteiger partial charge in [0.15, 0.2) is 17.9 Å². The van der Waals surface area contributed by atoms with Gasteiger partial charge >= 0.3 is 0 Å². The van der Waals surface area contributed by atoms with Crippen molar-refractivity contribution in [1.29, 1.82) is 0 Å². The third-order valence-electron chi connectivity index (χ3n) is 7.53. The number of hydrogen-bond acceptors (Lipinski definition) is 3. The molecule has 1 heterocycles. The summed E-state index contributed by atoms with van der Waals surface area (Å²) in [5, 5.41) is 0. The van der Waals surface area contributed by atoms with Crippen molar-refractivity contribution in [3.63, 3.8) is 0 Å². The average Bonchev–Trinajstić information content (AvgIpc) is 2.98. The maximum Gasteiger partial charge on any atom is 0.201 e. The monoisotopic (exact) mass is 554 g/mol. The van der Waals surface area contributed by atoms with Crippen molar-refractivity contribution in [2.75, 3.05) is 19.8 Å². The van der Waals surface area contributed by atoms with Gasteiger partial charge in [0.2, 0.25) is 5.82 Å². The Kier molecular flexibility index (Phi) is 11.5. The van der Waals surface area contributed by atoms with E-state index >= 15 is 4.39 Å². The Morgan fingerprint density at radius 3 is 2.05 bits per heavy atom. The minimum absolute atomic E-state index is 0.0729. The lowest BCUT2D eigenvalue weighted by Gasteiger charge is -2.30. The summed E-state index contributed by atoms with van der Waals surface area (Å²) in [6.07, 6.45) is 9.46. The Hall–Kier alpha value is -2.83. The Labute approximate surface area is 236 Å². The quantitative estimate of drug-likeness (QED) is 0.186. The number of benzene rings is 3.